The number of benzene rings is 1. The van der Waals surface area contributed by atoms with Crippen molar-refractivity contribution in [2.45, 2.75) is 24.7 Å². The van der Waals surface area contributed by atoms with E-state index >= 15 is 0 Å². The third kappa shape index (κ3) is 6.12. The fourth-order valence-electron chi connectivity index (χ4n) is 3.19. The Morgan fingerprint density at radius 3 is 2.70 bits per heavy atom. The molecule has 0 saturated carbocycles. The Morgan fingerprint density at radius 1 is 1.30 bits per heavy atom. The molecule has 0 atom stereocenters. The summed E-state index contributed by atoms with van der Waals surface area (Å²) in [6.45, 7) is 4.50. The highest BCUT2D eigenvalue weighted by molar-refractivity contribution is 8.01. The lowest BCUT2D eigenvalue weighted by molar-refractivity contribution is -0.116. The Hall–Kier alpha value is -2.89. The zero-order chi connectivity index (χ0) is 24.0. The number of carbonyl (C=O) groups excluding carboxylic acids is 1. The molecule has 176 valence electrons. The van der Waals surface area contributed by atoms with Crippen LogP contribution >= 0.6 is 23.1 Å². The maximum Gasteiger partial charge on any atom is 0.330 e. The van der Waals surface area contributed by atoms with Crippen molar-refractivity contribution in [3.8, 4) is 11.3 Å². The number of rotatable bonds is 10. The number of thiazole rings is 1. The number of ether oxygens (including phenoxy) is 1. The summed E-state index contributed by atoms with van der Waals surface area (Å²) in [5, 5.41) is 1.94. The zero-order valence-corrected chi connectivity index (χ0v) is 20.4. The number of nitrogens with one attached hydrogen (secondary N) is 1. The summed E-state index contributed by atoms with van der Waals surface area (Å²) in [6.07, 6.45) is 0. The Balaban J connectivity index is 1.83. The van der Waals surface area contributed by atoms with Crippen LogP contribution in [0.15, 0.2) is 49.6 Å². The first-order valence-electron chi connectivity index (χ1n) is 10.4. The molecule has 0 fully saturated rings. The molecule has 3 rings (SSSR count). The molecule has 3 N–H and O–H groups in total. The molecule has 0 spiro atoms. The van der Waals surface area contributed by atoms with Gasteiger partial charge in [-0.3, -0.25) is 19.1 Å². The van der Waals surface area contributed by atoms with Crippen molar-refractivity contribution in [1.82, 2.24) is 14.5 Å². The van der Waals surface area contributed by atoms with Crippen molar-refractivity contribution in [3.63, 3.8) is 0 Å². The van der Waals surface area contributed by atoms with Crippen LogP contribution in [0.4, 0.5) is 11.5 Å². The molecule has 0 aliphatic carbocycles. The van der Waals surface area contributed by atoms with Gasteiger partial charge in [0.1, 0.15) is 5.82 Å². The number of nitrogens with two attached hydrogens (primary N) is 1. The standard InChI is InChI=1S/C22H27N5O4S2/c1-14(2)11-27-19(23)18(20(29)25-21(27)30)26(9-10-31-3)17(28)13-33-22-24-16(12-32-22)15-7-5-4-6-8-15/h4-8,12,14H,9-11,13,23H2,1-3H3,(H,25,29,30). The van der Waals surface area contributed by atoms with Crippen molar-refractivity contribution in [2.24, 2.45) is 5.92 Å². The Morgan fingerprint density at radius 2 is 2.03 bits per heavy atom. The summed E-state index contributed by atoms with van der Waals surface area (Å²) in [5.74, 6) is -0.202. The van der Waals surface area contributed by atoms with Gasteiger partial charge < -0.3 is 15.4 Å². The zero-order valence-electron chi connectivity index (χ0n) is 18.7. The molecular weight excluding hydrogens is 462 g/mol. The molecular formula is C22H27N5O4S2. The first-order valence-corrected chi connectivity index (χ1v) is 12.2. The number of aromatic amines is 1. The topological polar surface area (TPSA) is 123 Å². The molecule has 11 heteroatoms. The van der Waals surface area contributed by atoms with E-state index in [0.717, 1.165) is 15.6 Å². The first-order chi connectivity index (χ1) is 15.8. The largest absolute Gasteiger partial charge is 0.383 e. The number of aromatic nitrogens is 3. The number of hydrogen-bond donors (Lipinski definition) is 2. The lowest BCUT2D eigenvalue weighted by Crippen LogP contribution is -2.43. The lowest BCUT2D eigenvalue weighted by Gasteiger charge is -2.24. The van der Waals surface area contributed by atoms with Gasteiger partial charge in [-0.05, 0) is 5.92 Å². The highest BCUT2D eigenvalue weighted by Crippen LogP contribution is 2.29. The SMILES string of the molecule is COCCN(C(=O)CSc1nc(-c2ccccc2)cs1)c1c(N)n(CC(C)C)c(=O)[nH]c1=O. The van der Waals surface area contributed by atoms with Crippen molar-refractivity contribution in [2.75, 3.05) is 36.6 Å². The van der Waals surface area contributed by atoms with Gasteiger partial charge in [-0.2, -0.15) is 0 Å². The fourth-order valence-corrected chi connectivity index (χ4v) is 4.91. The molecule has 0 unspecified atom stereocenters. The van der Waals surface area contributed by atoms with E-state index in [0.29, 0.717) is 6.54 Å². The molecule has 9 nitrogen and oxygen atoms in total. The fraction of sp³-hybridized carbons (Fsp3) is 0.364. The maximum absolute atomic E-state index is 13.2. The van der Waals surface area contributed by atoms with Crippen molar-refractivity contribution >= 4 is 40.5 Å². The second-order valence-electron chi connectivity index (χ2n) is 7.69. The van der Waals surface area contributed by atoms with Crippen LogP contribution in [-0.2, 0) is 16.1 Å². The van der Waals surface area contributed by atoms with Gasteiger partial charge in [0, 0.05) is 31.1 Å². The Labute approximate surface area is 199 Å². The molecule has 0 saturated heterocycles. The minimum atomic E-state index is -0.701. The van der Waals surface area contributed by atoms with Crippen LogP contribution in [0.2, 0.25) is 0 Å². The first kappa shape index (κ1) is 24.7. The summed E-state index contributed by atoms with van der Waals surface area (Å²) in [4.78, 5) is 46.2. The van der Waals surface area contributed by atoms with Crippen molar-refractivity contribution < 1.29 is 9.53 Å². The van der Waals surface area contributed by atoms with Gasteiger partial charge >= 0.3 is 5.69 Å². The summed E-state index contributed by atoms with van der Waals surface area (Å²) in [7, 11) is 1.51. The average Bonchev–Trinajstić information content (AvgIpc) is 3.26. The smallest absolute Gasteiger partial charge is 0.330 e. The van der Waals surface area contributed by atoms with Crippen LogP contribution in [0, 0.1) is 5.92 Å². The Kier molecular flexibility index (Phi) is 8.48. The summed E-state index contributed by atoms with van der Waals surface area (Å²) in [6, 6.07) is 9.78. The van der Waals surface area contributed by atoms with Gasteiger partial charge in [0.05, 0.1) is 18.1 Å². The number of nitrogen functional groups attached to an aromatic ring is 1. The van der Waals surface area contributed by atoms with Crippen LogP contribution in [0.1, 0.15) is 13.8 Å². The number of H-pyrrole nitrogens is 1. The van der Waals surface area contributed by atoms with Gasteiger partial charge in [0.25, 0.3) is 5.56 Å². The van der Waals surface area contributed by atoms with E-state index in [1.54, 1.807) is 0 Å². The van der Waals surface area contributed by atoms with Crippen LogP contribution in [0.25, 0.3) is 11.3 Å². The van der Waals surface area contributed by atoms with E-state index in [4.69, 9.17) is 10.5 Å². The number of nitrogens with zero attached hydrogens (tertiary/aromatic N) is 3. The monoisotopic (exact) mass is 489 g/mol. The van der Waals surface area contributed by atoms with Crippen molar-refractivity contribution in [3.05, 3.63) is 56.5 Å². The number of amides is 1. The summed E-state index contributed by atoms with van der Waals surface area (Å²) < 4.78 is 7.15. The van der Waals surface area contributed by atoms with E-state index in [1.807, 2.05) is 49.6 Å². The van der Waals surface area contributed by atoms with Crippen LogP contribution in [-0.4, -0.2) is 46.5 Å². The quantitative estimate of drug-likeness (QED) is 0.420. The van der Waals surface area contributed by atoms with Gasteiger partial charge in [0.15, 0.2) is 10.0 Å². The Bertz CT molecular complexity index is 1200. The second kappa shape index (κ2) is 11.3. The number of methoxy groups -OCH3 is 1. The lowest BCUT2D eigenvalue weighted by atomic mass is 10.2. The van der Waals surface area contributed by atoms with E-state index in [9.17, 15) is 14.4 Å². The van der Waals surface area contributed by atoms with Crippen molar-refractivity contribution in [1.29, 1.82) is 0 Å². The summed E-state index contributed by atoms with van der Waals surface area (Å²) >= 11 is 2.73. The number of thioether (sulfide) groups is 1. The molecule has 2 heterocycles. The van der Waals surface area contributed by atoms with Gasteiger partial charge in [-0.15, -0.1) is 11.3 Å². The molecule has 1 amide bonds. The molecule has 0 aliphatic heterocycles. The molecule has 0 radical (unpaired) electrons. The van der Waals surface area contributed by atoms with E-state index in [2.05, 4.69) is 9.97 Å². The maximum atomic E-state index is 13.2. The minimum Gasteiger partial charge on any atom is -0.383 e. The van der Waals surface area contributed by atoms with Crippen LogP contribution in [0.3, 0.4) is 0 Å². The second-order valence-corrected chi connectivity index (χ2v) is 9.77. The van der Waals surface area contributed by atoms with E-state index in [1.165, 1.54) is 39.7 Å². The molecule has 2 aromatic heterocycles. The molecule has 0 aliphatic rings. The molecule has 0 bridgehead atoms. The number of anilines is 2. The predicted octanol–water partition coefficient (Wildman–Crippen LogP) is 2.67. The predicted molar refractivity (Wildman–Crippen MR) is 133 cm³/mol. The number of hydrogen-bond acceptors (Lipinski definition) is 8. The van der Waals surface area contributed by atoms with Gasteiger partial charge in [-0.1, -0.05) is 55.9 Å². The van der Waals surface area contributed by atoms with Gasteiger partial charge in [-0.25, -0.2) is 9.78 Å². The van der Waals surface area contributed by atoms with E-state index in [-0.39, 0.29) is 42.2 Å². The number of carbonyl (C=O) groups is 1. The molecule has 33 heavy (non-hydrogen) atoms. The third-order valence-corrected chi connectivity index (χ3v) is 6.73. The van der Waals surface area contributed by atoms with E-state index < -0.39 is 11.2 Å². The minimum absolute atomic E-state index is 0.0347. The van der Waals surface area contributed by atoms with Crippen LogP contribution in [0.5, 0.6) is 0 Å². The summed E-state index contributed by atoms with van der Waals surface area (Å²) in [5.41, 5.74) is 6.71. The molecule has 3 aromatic rings. The highest BCUT2D eigenvalue weighted by Gasteiger charge is 2.24. The highest BCUT2D eigenvalue weighted by atomic mass is 32.2. The average molecular weight is 490 g/mol. The normalized spacial score (nSPS) is 11.2. The van der Waals surface area contributed by atoms with Crippen LogP contribution < -0.4 is 21.9 Å². The van der Waals surface area contributed by atoms with Gasteiger partial charge in [0.2, 0.25) is 5.91 Å². The third-order valence-electron chi connectivity index (χ3n) is 4.72. The molecule has 1 aromatic carbocycles.